The van der Waals surface area contributed by atoms with Crippen LogP contribution in [-0.4, -0.2) is 29.6 Å². The second-order valence-electron chi connectivity index (χ2n) is 4.32. The quantitative estimate of drug-likeness (QED) is 0.909. The fraction of sp³-hybridized carbons (Fsp3) is 0.385. The highest BCUT2D eigenvalue weighted by atomic mass is 16.5. The molecule has 0 radical (unpaired) electrons. The van der Waals surface area contributed by atoms with Crippen LogP contribution in [0.5, 0.6) is 11.5 Å². The minimum absolute atomic E-state index is 0.0146. The van der Waals surface area contributed by atoms with E-state index in [-0.39, 0.29) is 11.8 Å². The van der Waals surface area contributed by atoms with E-state index in [1.165, 1.54) is 6.92 Å². The Kier molecular flexibility index (Phi) is 3.33. The van der Waals surface area contributed by atoms with Gasteiger partial charge in [0.25, 0.3) is 0 Å². The summed E-state index contributed by atoms with van der Waals surface area (Å²) in [6, 6.07) is 3.15. The van der Waals surface area contributed by atoms with Crippen LogP contribution in [0.15, 0.2) is 12.1 Å². The molecule has 6 heteroatoms. The van der Waals surface area contributed by atoms with E-state index >= 15 is 0 Å². The molecule has 0 amide bonds. The number of aromatic nitrogens is 2. The summed E-state index contributed by atoms with van der Waals surface area (Å²) in [4.78, 5) is 15.8. The molecule has 0 saturated carbocycles. The molecule has 1 heterocycles. The number of hydrogen-bond donors (Lipinski definition) is 1. The average Bonchev–Trinajstić information content (AvgIpc) is 2.70. The SMILES string of the molecule is COc1cc2nc(N)n(C(C)C(C)=O)c2cc1OC. The van der Waals surface area contributed by atoms with Gasteiger partial charge in [0.2, 0.25) is 5.95 Å². The summed E-state index contributed by atoms with van der Waals surface area (Å²) in [6.07, 6.45) is 0. The highest BCUT2D eigenvalue weighted by Crippen LogP contribution is 2.34. The molecule has 0 saturated heterocycles. The standard InChI is InChI=1S/C13H17N3O3/c1-7(8(2)17)16-10-6-12(19-4)11(18-3)5-9(10)15-13(16)14/h5-7H,1-4H3,(H2,14,15). The Bertz CT molecular complexity index is 634. The van der Waals surface area contributed by atoms with Crippen molar-refractivity contribution >= 4 is 22.8 Å². The van der Waals surface area contributed by atoms with Crippen LogP contribution in [0.2, 0.25) is 0 Å². The van der Waals surface area contributed by atoms with Crippen LogP contribution in [0.25, 0.3) is 11.0 Å². The Morgan fingerprint density at radius 2 is 1.89 bits per heavy atom. The summed E-state index contributed by atoms with van der Waals surface area (Å²) >= 11 is 0. The third-order valence-electron chi connectivity index (χ3n) is 3.20. The van der Waals surface area contributed by atoms with Gasteiger partial charge in [-0.2, -0.15) is 0 Å². The number of nitrogens with zero attached hydrogens (tertiary/aromatic N) is 2. The predicted molar refractivity (Wildman–Crippen MR) is 72.6 cm³/mol. The van der Waals surface area contributed by atoms with Crippen molar-refractivity contribution in [1.29, 1.82) is 0 Å². The number of anilines is 1. The van der Waals surface area contributed by atoms with Crippen LogP contribution in [0, 0.1) is 0 Å². The first-order valence-electron chi connectivity index (χ1n) is 5.89. The number of fused-ring (bicyclic) bond motifs is 1. The van der Waals surface area contributed by atoms with Gasteiger partial charge in [-0.3, -0.25) is 4.79 Å². The lowest BCUT2D eigenvalue weighted by atomic mass is 10.2. The van der Waals surface area contributed by atoms with Gasteiger partial charge in [0, 0.05) is 12.1 Å². The Balaban J connectivity index is 2.72. The summed E-state index contributed by atoms with van der Waals surface area (Å²) in [5.74, 6) is 1.47. The Hall–Kier alpha value is -2.24. The summed E-state index contributed by atoms with van der Waals surface area (Å²) in [5, 5.41) is 0. The molecule has 6 nitrogen and oxygen atoms in total. The molecule has 2 rings (SSSR count). The monoisotopic (exact) mass is 263 g/mol. The number of benzene rings is 1. The summed E-state index contributed by atoms with van der Waals surface area (Å²) in [7, 11) is 3.12. The van der Waals surface area contributed by atoms with Crippen molar-refractivity contribution in [2.45, 2.75) is 19.9 Å². The van der Waals surface area contributed by atoms with E-state index in [0.717, 1.165) is 5.52 Å². The number of ketones is 1. The molecule has 0 aliphatic rings. The topological polar surface area (TPSA) is 79.4 Å². The number of nitrogen functional groups attached to an aromatic ring is 1. The third-order valence-corrected chi connectivity index (χ3v) is 3.20. The fourth-order valence-corrected chi connectivity index (χ4v) is 2.03. The first-order valence-corrected chi connectivity index (χ1v) is 5.89. The molecule has 2 N–H and O–H groups in total. The first-order chi connectivity index (χ1) is 8.99. The zero-order valence-electron chi connectivity index (χ0n) is 11.4. The number of ether oxygens (including phenoxy) is 2. The molecule has 0 fully saturated rings. The summed E-state index contributed by atoms with van der Waals surface area (Å²) in [5.41, 5.74) is 7.31. The molecule has 2 aromatic rings. The second-order valence-corrected chi connectivity index (χ2v) is 4.32. The minimum atomic E-state index is -0.372. The number of hydrogen-bond acceptors (Lipinski definition) is 5. The van der Waals surface area contributed by atoms with Gasteiger partial charge in [-0.25, -0.2) is 4.98 Å². The zero-order valence-corrected chi connectivity index (χ0v) is 11.4. The minimum Gasteiger partial charge on any atom is -0.493 e. The molecular formula is C13H17N3O3. The van der Waals surface area contributed by atoms with Crippen LogP contribution in [0.1, 0.15) is 19.9 Å². The largest absolute Gasteiger partial charge is 0.493 e. The van der Waals surface area contributed by atoms with Crippen molar-refractivity contribution < 1.29 is 14.3 Å². The van der Waals surface area contributed by atoms with Gasteiger partial charge >= 0.3 is 0 Å². The molecule has 0 spiro atoms. The maximum atomic E-state index is 11.6. The number of carbonyl (C=O) groups excluding carboxylic acids is 1. The number of carbonyl (C=O) groups is 1. The van der Waals surface area contributed by atoms with E-state index in [2.05, 4.69) is 4.98 Å². The van der Waals surface area contributed by atoms with Crippen molar-refractivity contribution in [3.63, 3.8) is 0 Å². The smallest absolute Gasteiger partial charge is 0.201 e. The number of rotatable bonds is 4. The summed E-state index contributed by atoms with van der Waals surface area (Å²) < 4.78 is 12.2. The molecule has 1 aromatic carbocycles. The van der Waals surface area contributed by atoms with Crippen molar-refractivity contribution in [2.24, 2.45) is 0 Å². The highest BCUT2D eigenvalue weighted by molar-refractivity contribution is 5.87. The van der Waals surface area contributed by atoms with Crippen molar-refractivity contribution in [1.82, 2.24) is 9.55 Å². The zero-order chi connectivity index (χ0) is 14.2. The van der Waals surface area contributed by atoms with Gasteiger partial charge in [-0.15, -0.1) is 0 Å². The number of Topliss-reactive ketones (excluding diaryl/α,β-unsaturated/α-hetero) is 1. The molecule has 1 atom stereocenters. The normalized spacial score (nSPS) is 12.4. The Labute approximate surface area is 111 Å². The number of methoxy groups -OCH3 is 2. The molecule has 102 valence electrons. The van der Waals surface area contributed by atoms with E-state index in [4.69, 9.17) is 15.2 Å². The lowest BCUT2D eigenvalue weighted by Gasteiger charge is -2.13. The molecule has 1 aromatic heterocycles. The van der Waals surface area contributed by atoms with Crippen molar-refractivity contribution in [3.8, 4) is 11.5 Å². The van der Waals surface area contributed by atoms with Gasteiger partial charge in [0.05, 0.1) is 31.3 Å². The van der Waals surface area contributed by atoms with Crippen LogP contribution in [0.3, 0.4) is 0 Å². The maximum absolute atomic E-state index is 11.6. The average molecular weight is 263 g/mol. The van der Waals surface area contributed by atoms with Gasteiger partial charge in [0.1, 0.15) is 0 Å². The maximum Gasteiger partial charge on any atom is 0.201 e. The van der Waals surface area contributed by atoms with Crippen molar-refractivity contribution in [3.05, 3.63) is 12.1 Å². The van der Waals surface area contributed by atoms with Crippen LogP contribution in [-0.2, 0) is 4.79 Å². The predicted octanol–water partition coefficient (Wildman–Crippen LogP) is 1.79. The molecule has 1 unspecified atom stereocenters. The van der Waals surface area contributed by atoms with Crippen LogP contribution < -0.4 is 15.2 Å². The van der Waals surface area contributed by atoms with Crippen LogP contribution in [0.4, 0.5) is 5.95 Å². The highest BCUT2D eigenvalue weighted by Gasteiger charge is 2.19. The lowest BCUT2D eigenvalue weighted by molar-refractivity contribution is -0.119. The van der Waals surface area contributed by atoms with Gasteiger partial charge < -0.3 is 19.8 Å². The van der Waals surface area contributed by atoms with E-state index in [0.29, 0.717) is 23.0 Å². The first kappa shape index (κ1) is 13.2. The van der Waals surface area contributed by atoms with Crippen molar-refractivity contribution in [2.75, 3.05) is 20.0 Å². The lowest BCUT2D eigenvalue weighted by Crippen LogP contribution is -2.15. The summed E-state index contributed by atoms with van der Waals surface area (Å²) in [6.45, 7) is 3.31. The molecule has 0 aliphatic carbocycles. The molecule has 19 heavy (non-hydrogen) atoms. The van der Waals surface area contributed by atoms with E-state index in [1.54, 1.807) is 37.8 Å². The van der Waals surface area contributed by atoms with E-state index in [9.17, 15) is 4.79 Å². The van der Waals surface area contributed by atoms with E-state index in [1.807, 2.05) is 0 Å². The second kappa shape index (κ2) is 4.79. The van der Waals surface area contributed by atoms with Gasteiger partial charge in [-0.05, 0) is 13.8 Å². The molecule has 0 aliphatic heterocycles. The Morgan fingerprint density at radius 1 is 1.32 bits per heavy atom. The van der Waals surface area contributed by atoms with Gasteiger partial charge in [-0.1, -0.05) is 0 Å². The Morgan fingerprint density at radius 3 is 2.42 bits per heavy atom. The number of nitrogens with two attached hydrogens (primary N) is 1. The van der Waals surface area contributed by atoms with Gasteiger partial charge in [0.15, 0.2) is 17.3 Å². The van der Waals surface area contributed by atoms with E-state index < -0.39 is 0 Å². The van der Waals surface area contributed by atoms with Crippen LogP contribution >= 0.6 is 0 Å². The third kappa shape index (κ3) is 2.09. The fourth-order valence-electron chi connectivity index (χ4n) is 2.03. The molecule has 0 bridgehead atoms. The number of imidazole rings is 1. The molecular weight excluding hydrogens is 246 g/mol.